The van der Waals surface area contributed by atoms with Gasteiger partial charge in [-0.25, -0.2) is 4.98 Å². The summed E-state index contributed by atoms with van der Waals surface area (Å²) in [5.74, 6) is 0.0789. The number of fused-ring (bicyclic) bond motifs is 1. The number of hydrogen-bond donors (Lipinski definition) is 1. The number of aryl methyl sites for hydroxylation is 3. The maximum absolute atomic E-state index is 10.6. The van der Waals surface area contributed by atoms with Crippen molar-refractivity contribution in [3.63, 3.8) is 0 Å². The van der Waals surface area contributed by atoms with Gasteiger partial charge in [0.15, 0.2) is 0 Å². The van der Waals surface area contributed by atoms with Crippen LogP contribution in [0.3, 0.4) is 0 Å². The van der Waals surface area contributed by atoms with Crippen molar-refractivity contribution in [3.05, 3.63) is 29.6 Å². The molecule has 1 aromatic carbocycles. The van der Waals surface area contributed by atoms with Crippen LogP contribution in [-0.2, 0) is 11.3 Å². The van der Waals surface area contributed by atoms with E-state index in [-0.39, 0.29) is 6.42 Å². The third kappa shape index (κ3) is 1.91. The average molecular weight is 218 g/mol. The second-order valence-electron chi connectivity index (χ2n) is 3.95. The average Bonchev–Trinajstić information content (AvgIpc) is 2.50. The number of carboxylic acids is 1. The maximum atomic E-state index is 10.6. The first kappa shape index (κ1) is 10.7. The summed E-state index contributed by atoms with van der Waals surface area (Å²) >= 11 is 0. The zero-order valence-electron chi connectivity index (χ0n) is 9.40. The molecule has 84 valence electrons. The monoisotopic (exact) mass is 218 g/mol. The fourth-order valence-electron chi connectivity index (χ4n) is 1.85. The lowest BCUT2D eigenvalue weighted by molar-refractivity contribution is -0.137. The Morgan fingerprint density at radius 2 is 2.19 bits per heavy atom. The van der Waals surface area contributed by atoms with Crippen molar-refractivity contribution in [3.8, 4) is 0 Å². The van der Waals surface area contributed by atoms with Crippen molar-refractivity contribution >= 4 is 17.0 Å². The molecule has 0 unspecified atom stereocenters. The van der Waals surface area contributed by atoms with Crippen LogP contribution in [0.25, 0.3) is 11.0 Å². The van der Waals surface area contributed by atoms with Crippen LogP contribution in [0.2, 0.25) is 0 Å². The molecule has 0 saturated heterocycles. The van der Waals surface area contributed by atoms with Gasteiger partial charge in [0.05, 0.1) is 17.5 Å². The summed E-state index contributed by atoms with van der Waals surface area (Å²) in [6, 6.07) is 6.02. The van der Waals surface area contributed by atoms with E-state index in [0.29, 0.717) is 6.54 Å². The Hall–Kier alpha value is -1.84. The van der Waals surface area contributed by atoms with Gasteiger partial charge in [-0.15, -0.1) is 0 Å². The van der Waals surface area contributed by atoms with E-state index >= 15 is 0 Å². The van der Waals surface area contributed by atoms with E-state index in [1.165, 1.54) is 0 Å². The molecular formula is C12H14N2O2. The quantitative estimate of drug-likeness (QED) is 0.858. The molecule has 2 aromatic rings. The van der Waals surface area contributed by atoms with Crippen LogP contribution in [-0.4, -0.2) is 20.6 Å². The summed E-state index contributed by atoms with van der Waals surface area (Å²) in [7, 11) is 0. The highest BCUT2D eigenvalue weighted by molar-refractivity contribution is 5.77. The van der Waals surface area contributed by atoms with Crippen LogP contribution < -0.4 is 0 Å². The SMILES string of the molecule is Cc1ccc2c(c1)nc(C)n2CCC(=O)O. The smallest absolute Gasteiger partial charge is 0.305 e. The van der Waals surface area contributed by atoms with Crippen molar-refractivity contribution in [1.29, 1.82) is 0 Å². The van der Waals surface area contributed by atoms with Crippen LogP contribution in [0.15, 0.2) is 18.2 Å². The Kier molecular flexibility index (Phi) is 2.64. The van der Waals surface area contributed by atoms with E-state index in [1.54, 1.807) is 0 Å². The minimum Gasteiger partial charge on any atom is -0.481 e. The van der Waals surface area contributed by atoms with E-state index in [1.807, 2.05) is 36.6 Å². The van der Waals surface area contributed by atoms with Gasteiger partial charge < -0.3 is 9.67 Å². The predicted octanol–water partition coefficient (Wildman–Crippen LogP) is 2.13. The number of hydrogen-bond acceptors (Lipinski definition) is 2. The number of imidazole rings is 1. The van der Waals surface area contributed by atoms with E-state index < -0.39 is 5.97 Å². The molecule has 16 heavy (non-hydrogen) atoms. The summed E-state index contributed by atoms with van der Waals surface area (Å²) in [4.78, 5) is 15.0. The minimum absolute atomic E-state index is 0.125. The van der Waals surface area contributed by atoms with Crippen LogP contribution >= 0.6 is 0 Å². The Morgan fingerprint density at radius 1 is 1.44 bits per heavy atom. The molecule has 0 atom stereocenters. The number of aromatic nitrogens is 2. The number of nitrogens with zero attached hydrogens (tertiary/aromatic N) is 2. The summed E-state index contributed by atoms with van der Waals surface area (Å²) in [5.41, 5.74) is 3.10. The maximum Gasteiger partial charge on any atom is 0.305 e. The minimum atomic E-state index is -0.784. The molecule has 0 aliphatic rings. The van der Waals surface area contributed by atoms with E-state index in [4.69, 9.17) is 5.11 Å². The molecule has 1 heterocycles. The van der Waals surface area contributed by atoms with Crippen molar-refractivity contribution in [2.45, 2.75) is 26.8 Å². The van der Waals surface area contributed by atoms with Gasteiger partial charge in [-0.1, -0.05) is 6.07 Å². The van der Waals surface area contributed by atoms with Gasteiger partial charge >= 0.3 is 5.97 Å². The second kappa shape index (κ2) is 3.96. The van der Waals surface area contributed by atoms with Crippen LogP contribution in [0.4, 0.5) is 0 Å². The second-order valence-corrected chi connectivity index (χ2v) is 3.95. The van der Waals surface area contributed by atoms with Crippen LogP contribution in [0.5, 0.6) is 0 Å². The van der Waals surface area contributed by atoms with Crippen molar-refractivity contribution in [2.75, 3.05) is 0 Å². The lowest BCUT2D eigenvalue weighted by atomic mass is 10.2. The van der Waals surface area contributed by atoms with Crippen molar-refractivity contribution < 1.29 is 9.90 Å². The van der Waals surface area contributed by atoms with Gasteiger partial charge in [0.1, 0.15) is 5.82 Å². The van der Waals surface area contributed by atoms with Gasteiger partial charge in [0.2, 0.25) is 0 Å². The zero-order valence-corrected chi connectivity index (χ0v) is 9.40. The molecule has 4 heteroatoms. The third-order valence-corrected chi connectivity index (χ3v) is 2.64. The lowest BCUT2D eigenvalue weighted by Gasteiger charge is -2.04. The van der Waals surface area contributed by atoms with E-state index in [0.717, 1.165) is 22.4 Å². The number of carboxylic acid groups (broad SMARTS) is 1. The number of carbonyl (C=O) groups is 1. The van der Waals surface area contributed by atoms with Crippen LogP contribution in [0, 0.1) is 13.8 Å². The predicted molar refractivity (Wildman–Crippen MR) is 61.5 cm³/mol. The Morgan fingerprint density at radius 3 is 2.88 bits per heavy atom. The molecule has 2 rings (SSSR count). The molecule has 1 aromatic heterocycles. The molecule has 0 amide bonds. The summed E-state index contributed by atoms with van der Waals surface area (Å²) in [5, 5.41) is 8.69. The molecule has 0 aliphatic heterocycles. The lowest BCUT2D eigenvalue weighted by Crippen LogP contribution is -2.05. The highest BCUT2D eigenvalue weighted by atomic mass is 16.4. The highest BCUT2D eigenvalue weighted by Crippen LogP contribution is 2.17. The normalized spacial score (nSPS) is 10.9. The first-order valence-electron chi connectivity index (χ1n) is 5.23. The number of rotatable bonds is 3. The highest BCUT2D eigenvalue weighted by Gasteiger charge is 2.08. The molecule has 0 fully saturated rings. The van der Waals surface area contributed by atoms with E-state index in [2.05, 4.69) is 4.98 Å². The fourth-order valence-corrected chi connectivity index (χ4v) is 1.85. The van der Waals surface area contributed by atoms with Gasteiger partial charge in [-0.2, -0.15) is 0 Å². The van der Waals surface area contributed by atoms with Gasteiger partial charge in [-0.3, -0.25) is 4.79 Å². The number of aliphatic carboxylic acids is 1. The van der Waals surface area contributed by atoms with Crippen LogP contribution in [0.1, 0.15) is 17.8 Å². The number of benzene rings is 1. The Bertz CT molecular complexity index is 543. The first-order valence-corrected chi connectivity index (χ1v) is 5.23. The zero-order chi connectivity index (χ0) is 11.7. The molecule has 0 bridgehead atoms. The summed E-state index contributed by atoms with van der Waals surface area (Å²) in [6.07, 6.45) is 0.125. The van der Waals surface area contributed by atoms with Gasteiger partial charge in [0.25, 0.3) is 0 Å². The molecular weight excluding hydrogens is 204 g/mol. The molecule has 0 spiro atoms. The molecule has 4 nitrogen and oxygen atoms in total. The third-order valence-electron chi connectivity index (χ3n) is 2.64. The largest absolute Gasteiger partial charge is 0.481 e. The topological polar surface area (TPSA) is 55.1 Å². The molecule has 0 saturated carbocycles. The Balaban J connectivity index is 2.43. The molecule has 0 aliphatic carbocycles. The summed E-state index contributed by atoms with van der Waals surface area (Å²) in [6.45, 7) is 4.39. The standard InChI is InChI=1S/C12H14N2O2/c1-8-3-4-11-10(7-8)13-9(2)14(11)6-5-12(15)16/h3-4,7H,5-6H2,1-2H3,(H,15,16). The van der Waals surface area contributed by atoms with E-state index in [9.17, 15) is 4.79 Å². The van der Waals surface area contributed by atoms with Crippen molar-refractivity contribution in [2.24, 2.45) is 0 Å². The first-order chi connectivity index (χ1) is 7.58. The fraction of sp³-hybridized carbons (Fsp3) is 0.333. The molecule has 1 N–H and O–H groups in total. The molecule has 0 radical (unpaired) electrons. The van der Waals surface area contributed by atoms with Crippen molar-refractivity contribution in [1.82, 2.24) is 9.55 Å². The Labute approximate surface area is 93.5 Å². The summed E-state index contributed by atoms with van der Waals surface area (Å²) < 4.78 is 1.95. The van der Waals surface area contributed by atoms with Gasteiger partial charge in [0, 0.05) is 6.54 Å². The van der Waals surface area contributed by atoms with Gasteiger partial charge in [-0.05, 0) is 31.5 Å².